The topological polar surface area (TPSA) is 20.3 Å². The van der Waals surface area contributed by atoms with E-state index in [2.05, 4.69) is 0 Å². The molecule has 0 atom stereocenters. The van der Waals surface area contributed by atoms with E-state index in [-0.39, 0.29) is 25.9 Å². The summed E-state index contributed by atoms with van der Waals surface area (Å²) in [6.45, 7) is 0.567. The Morgan fingerprint density at radius 3 is 2.47 bits per heavy atom. The summed E-state index contributed by atoms with van der Waals surface area (Å²) in [6.07, 6.45) is 0.389. The van der Waals surface area contributed by atoms with Gasteiger partial charge in [0.15, 0.2) is 0 Å². The first-order chi connectivity index (χ1) is 8.00. The second-order valence-electron chi connectivity index (χ2n) is 4.20. The summed E-state index contributed by atoms with van der Waals surface area (Å²) in [6, 6.07) is 4.91. The van der Waals surface area contributed by atoms with Crippen LogP contribution in [0.25, 0.3) is 0 Å². The van der Waals surface area contributed by atoms with Crippen LogP contribution in [-0.2, 0) is 0 Å². The van der Waals surface area contributed by atoms with E-state index >= 15 is 0 Å². The molecule has 0 aliphatic carbocycles. The van der Waals surface area contributed by atoms with Crippen LogP contribution in [0.3, 0.4) is 0 Å². The molecule has 5 heteroatoms. The Morgan fingerprint density at radius 2 is 1.88 bits per heavy atom. The summed E-state index contributed by atoms with van der Waals surface area (Å²) in [4.78, 5) is 12.5. The van der Waals surface area contributed by atoms with E-state index in [4.69, 9.17) is 11.6 Å². The molecule has 17 heavy (non-hydrogen) atoms. The minimum absolute atomic E-state index is 0.157. The molecule has 1 heterocycles. The maximum Gasteiger partial charge on any atom is 0.251 e. The van der Waals surface area contributed by atoms with Gasteiger partial charge in [-0.1, -0.05) is 11.6 Å². The Hall–Kier alpha value is -1.16. The average molecular weight is 260 g/mol. The minimum Gasteiger partial charge on any atom is -0.371 e. The number of alkyl halides is 2. The first kappa shape index (κ1) is 12.3. The average Bonchev–Trinajstić information content (AvgIpc) is 2.28. The van der Waals surface area contributed by atoms with E-state index in [0.717, 1.165) is 5.69 Å². The molecule has 0 amide bonds. The van der Waals surface area contributed by atoms with Gasteiger partial charge in [0.25, 0.3) is 5.92 Å². The fourth-order valence-electron chi connectivity index (χ4n) is 1.94. The fourth-order valence-corrected chi connectivity index (χ4v) is 2.18. The van der Waals surface area contributed by atoms with Gasteiger partial charge in [-0.3, -0.25) is 4.79 Å². The van der Waals surface area contributed by atoms with Crippen molar-refractivity contribution in [1.29, 1.82) is 0 Å². The summed E-state index contributed by atoms with van der Waals surface area (Å²) in [7, 11) is 0. The molecule has 0 radical (unpaired) electrons. The number of nitrogens with zero attached hydrogens (tertiary/aromatic N) is 1. The molecule has 92 valence electrons. The van der Waals surface area contributed by atoms with E-state index in [0.29, 0.717) is 16.9 Å². The third-order valence-electron chi connectivity index (χ3n) is 2.90. The van der Waals surface area contributed by atoms with Gasteiger partial charge in [0, 0.05) is 42.2 Å². The Morgan fingerprint density at radius 1 is 1.24 bits per heavy atom. The number of piperidine rings is 1. The number of hydrogen-bond donors (Lipinski definition) is 0. The van der Waals surface area contributed by atoms with Gasteiger partial charge in [-0.2, -0.15) is 0 Å². The molecule has 2 rings (SSSR count). The second-order valence-corrected chi connectivity index (χ2v) is 4.64. The Balaban J connectivity index is 2.18. The number of hydrogen-bond acceptors (Lipinski definition) is 2. The van der Waals surface area contributed by atoms with Crippen LogP contribution in [0.4, 0.5) is 14.5 Å². The molecule has 1 aliphatic heterocycles. The lowest BCUT2D eigenvalue weighted by Crippen LogP contribution is -2.39. The summed E-state index contributed by atoms with van der Waals surface area (Å²) in [5, 5.41) is 0.446. The van der Waals surface area contributed by atoms with E-state index in [1.165, 1.54) is 0 Å². The van der Waals surface area contributed by atoms with Crippen molar-refractivity contribution < 1.29 is 13.6 Å². The molecule has 0 spiro atoms. The highest BCUT2D eigenvalue weighted by Crippen LogP contribution is 2.31. The molecule has 1 aliphatic rings. The first-order valence-corrected chi connectivity index (χ1v) is 5.76. The van der Waals surface area contributed by atoms with E-state index in [1.807, 2.05) is 4.90 Å². The molecular weight excluding hydrogens is 248 g/mol. The SMILES string of the molecule is O=Cc1cc(Cl)cc(N2CCC(F)(F)CC2)c1. The van der Waals surface area contributed by atoms with Crippen molar-refractivity contribution in [1.82, 2.24) is 0 Å². The normalized spacial score (nSPS) is 19.1. The molecule has 0 N–H and O–H groups in total. The van der Waals surface area contributed by atoms with Crippen LogP contribution in [0, 0.1) is 0 Å². The number of anilines is 1. The van der Waals surface area contributed by atoms with Gasteiger partial charge < -0.3 is 4.90 Å². The predicted octanol–water partition coefficient (Wildman–Crippen LogP) is 3.39. The van der Waals surface area contributed by atoms with Crippen molar-refractivity contribution in [2.75, 3.05) is 18.0 Å². The van der Waals surface area contributed by atoms with Gasteiger partial charge in [-0.05, 0) is 18.2 Å². The van der Waals surface area contributed by atoms with Crippen LogP contribution >= 0.6 is 11.6 Å². The molecule has 1 aromatic carbocycles. The number of benzene rings is 1. The van der Waals surface area contributed by atoms with Crippen molar-refractivity contribution in [2.24, 2.45) is 0 Å². The molecule has 0 unspecified atom stereocenters. The molecule has 0 saturated carbocycles. The number of halogens is 3. The molecule has 1 fully saturated rings. The number of carbonyl (C=O) groups is 1. The predicted molar refractivity (Wildman–Crippen MR) is 63.2 cm³/mol. The highest BCUT2D eigenvalue weighted by atomic mass is 35.5. The van der Waals surface area contributed by atoms with E-state index in [9.17, 15) is 13.6 Å². The molecule has 1 saturated heterocycles. The van der Waals surface area contributed by atoms with Crippen LogP contribution in [0.15, 0.2) is 18.2 Å². The van der Waals surface area contributed by atoms with Gasteiger partial charge >= 0.3 is 0 Å². The highest BCUT2D eigenvalue weighted by molar-refractivity contribution is 6.31. The standard InChI is InChI=1S/C12H12ClF2NO/c13-10-5-9(8-17)6-11(7-10)16-3-1-12(14,15)2-4-16/h5-8H,1-4H2. The van der Waals surface area contributed by atoms with Crippen molar-refractivity contribution in [2.45, 2.75) is 18.8 Å². The third-order valence-corrected chi connectivity index (χ3v) is 3.12. The Labute approximate surface area is 103 Å². The summed E-state index contributed by atoms with van der Waals surface area (Å²) in [5.74, 6) is -2.57. The zero-order chi connectivity index (χ0) is 12.5. The molecular formula is C12H12ClF2NO. The van der Waals surface area contributed by atoms with Gasteiger partial charge in [-0.15, -0.1) is 0 Å². The van der Waals surface area contributed by atoms with Gasteiger partial charge in [0.05, 0.1) is 0 Å². The van der Waals surface area contributed by atoms with Crippen LogP contribution in [0.1, 0.15) is 23.2 Å². The molecule has 2 nitrogen and oxygen atoms in total. The van der Waals surface area contributed by atoms with Crippen LogP contribution < -0.4 is 4.90 Å². The lowest BCUT2D eigenvalue weighted by atomic mass is 10.1. The summed E-state index contributed by atoms with van der Waals surface area (Å²) >= 11 is 5.87. The van der Waals surface area contributed by atoms with Crippen LogP contribution in [0.5, 0.6) is 0 Å². The van der Waals surface area contributed by atoms with Crippen LogP contribution in [0.2, 0.25) is 5.02 Å². The number of carbonyl (C=O) groups excluding carboxylic acids is 1. The molecule has 0 aromatic heterocycles. The van der Waals surface area contributed by atoms with Gasteiger partial charge in [0.1, 0.15) is 6.29 Å². The maximum atomic E-state index is 13.0. The van der Waals surface area contributed by atoms with Gasteiger partial charge in [-0.25, -0.2) is 8.78 Å². The van der Waals surface area contributed by atoms with Gasteiger partial charge in [0.2, 0.25) is 0 Å². The van der Waals surface area contributed by atoms with Crippen molar-refractivity contribution in [3.63, 3.8) is 0 Å². The summed E-state index contributed by atoms with van der Waals surface area (Å²) in [5.41, 5.74) is 1.19. The van der Waals surface area contributed by atoms with Crippen LogP contribution in [-0.4, -0.2) is 25.3 Å². The van der Waals surface area contributed by atoms with E-state index in [1.54, 1.807) is 18.2 Å². The Kier molecular flexibility index (Phi) is 3.33. The van der Waals surface area contributed by atoms with E-state index < -0.39 is 5.92 Å². The summed E-state index contributed by atoms with van der Waals surface area (Å²) < 4.78 is 26.0. The third kappa shape index (κ3) is 2.94. The minimum atomic E-state index is -2.57. The fraction of sp³-hybridized carbons (Fsp3) is 0.417. The maximum absolute atomic E-state index is 13.0. The largest absolute Gasteiger partial charge is 0.371 e. The van der Waals surface area contributed by atoms with Crippen molar-refractivity contribution in [3.05, 3.63) is 28.8 Å². The first-order valence-electron chi connectivity index (χ1n) is 5.39. The zero-order valence-electron chi connectivity index (χ0n) is 9.13. The second kappa shape index (κ2) is 4.61. The molecule has 1 aromatic rings. The Bertz CT molecular complexity index is 427. The smallest absolute Gasteiger partial charge is 0.251 e. The monoisotopic (exact) mass is 259 g/mol. The number of rotatable bonds is 2. The molecule has 0 bridgehead atoms. The zero-order valence-corrected chi connectivity index (χ0v) is 9.88. The lowest BCUT2D eigenvalue weighted by molar-refractivity contribution is -0.0220. The lowest BCUT2D eigenvalue weighted by Gasteiger charge is -2.33. The number of aldehydes is 1. The highest BCUT2D eigenvalue weighted by Gasteiger charge is 2.34. The van der Waals surface area contributed by atoms with Crippen molar-refractivity contribution in [3.8, 4) is 0 Å². The quantitative estimate of drug-likeness (QED) is 0.759. The van der Waals surface area contributed by atoms with Crippen molar-refractivity contribution >= 4 is 23.6 Å².